The smallest absolute Gasteiger partial charge is 0.335 e. The predicted molar refractivity (Wildman–Crippen MR) is 76.7 cm³/mol. The van der Waals surface area contributed by atoms with Crippen LogP contribution in [-0.4, -0.2) is 28.6 Å². The van der Waals surface area contributed by atoms with E-state index < -0.39 is 5.97 Å². The van der Waals surface area contributed by atoms with E-state index in [1.54, 1.807) is 12.1 Å². The van der Waals surface area contributed by atoms with Crippen LogP contribution in [0.2, 0.25) is 0 Å². The van der Waals surface area contributed by atoms with Crippen LogP contribution in [0.4, 0.5) is 5.69 Å². The van der Waals surface area contributed by atoms with Crippen LogP contribution in [0, 0.1) is 6.92 Å². The first kappa shape index (κ1) is 13.3. The first-order valence-corrected chi connectivity index (χ1v) is 7.41. The molecule has 1 unspecified atom stereocenters. The number of hydrogen-bond acceptors (Lipinski definition) is 3. The van der Waals surface area contributed by atoms with Crippen LogP contribution < -0.4 is 5.32 Å². The third-order valence-electron chi connectivity index (χ3n) is 3.27. The van der Waals surface area contributed by atoms with Crippen LogP contribution in [0.1, 0.15) is 35.2 Å². The molecule has 1 aromatic rings. The molecule has 2 rings (SSSR count). The quantitative estimate of drug-likeness (QED) is 0.876. The molecule has 0 aliphatic carbocycles. The molecule has 1 aliphatic rings. The molecule has 0 aromatic heterocycles. The fourth-order valence-corrected chi connectivity index (χ4v) is 3.43. The number of aromatic carboxylic acids is 1. The largest absolute Gasteiger partial charge is 0.478 e. The number of carboxylic acid groups (broad SMARTS) is 1. The zero-order chi connectivity index (χ0) is 13.0. The molecule has 98 valence electrons. The standard InChI is InChI=1S/C14H19NO2S/c1-10-8-11(14(16)17)5-6-13(10)15-9-12-4-2-3-7-18-12/h5-6,8,12,15H,2-4,7,9H2,1H3,(H,16,17). The van der Waals surface area contributed by atoms with Crippen molar-refractivity contribution in [2.45, 2.75) is 31.4 Å². The van der Waals surface area contributed by atoms with Gasteiger partial charge in [0, 0.05) is 17.5 Å². The SMILES string of the molecule is Cc1cc(C(=O)O)ccc1NCC1CCCCS1. The molecule has 4 heteroatoms. The Bertz CT molecular complexity index is 428. The Morgan fingerprint density at radius 3 is 2.94 bits per heavy atom. The second kappa shape index (κ2) is 6.14. The summed E-state index contributed by atoms with van der Waals surface area (Å²) in [6.07, 6.45) is 3.95. The second-order valence-corrected chi connectivity index (χ2v) is 6.11. The molecule has 0 saturated carbocycles. The Labute approximate surface area is 112 Å². The van der Waals surface area contributed by atoms with Gasteiger partial charge in [-0.2, -0.15) is 11.8 Å². The van der Waals surface area contributed by atoms with E-state index in [4.69, 9.17) is 5.11 Å². The van der Waals surface area contributed by atoms with Gasteiger partial charge in [-0.15, -0.1) is 0 Å². The van der Waals surface area contributed by atoms with Crippen molar-refractivity contribution in [3.8, 4) is 0 Å². The van der Waals surface area contributed by atoms with Crippen molar-refractivity contribution in [3.63, 3.8) is 0 Å². The van der Waals surface area contributed by atoms with Gasteiger partial charge in [0.25, 0.3) is 0 Å². The third kappa shape index (κ3) is 3.42. The molecule has 1 heterocycles. The molecular formula is C14H19NO2S. The van der Waals surface area contributed by atoms with Crippen LogP contribution in [0.25, 0.3) is 0 Å². The molecule has 18 heavy (non-hydrogen) atoms. The number of carbonyl (C=O) groups is 1. The molecule has 0 amide bonds. The zero-order valence-electron chi connectivity index (χ0n) is 10.6. The highest BCUT2D eigenvalue weighted by Gasteiger charge is 2.14. The molecule has 1 saturated heterocycles. The summed E-state index contributed by atoms with van der Waals surface area (Å²) >= 11 is 2.04. The van der Waals surface area contributed by atoms with E-state index in [2.05, 4.69) is 5.32 Å². The van der Waals surface area contributed by atoms with Crippen molar-refractivity contribution in [1.29, 1.82) is 0 Å². The van der Waals surface area contributed by atoms with Crippen molar-refractivity contribution >= 4 is 23.4 Å². The summed E-state index contributed by atoms with van der Waals surface area (Å²) in [4.78, 5) is 10.8. The van der Waals surface area contributed by atoms with Gasteiger partial charge < -0.3 is 10.4 Å². The van der Waals surface area contributed by atoms with E-state index in [1.165, 1.54) is 25.0 Å². The maximum atomic E-state index is 10.8. The topological polar surface area (TPSA) is 49.3 Å². The van der Waals surface area contributed by atoms with Crippen LogP contribution in [0.15, 0.2) is 18.2 Å². The summed E-state index contributed by atoms with van der Waals surface area (Å²) in [5.74, 6) is 0.399. The van der Waals surface area contributed by atoms with Gasteiger partial charge in [0.15, 0.2) is 0 Å². The third-order valence-corrected chi connectivity index (χ3v) is 4.67. The maximum Gasteiger partial charge on any atom is 0.335 e. The highest BCUT2D eigenvalue weighted by Crippen LogP contribution is 2.26. The van der Waals surface area contributed by atoms with Gasteiger partial charge in [0.05, 0.1) is 5.56 Å². The lowest BCUT2D eigenvalue weighted by atomic mass is 10.1. The van der Waals surface area contributed by atoms with Crippen LogP contribution >= 0.6 is 11.8 Å². The first-order chi connectivity index (χ1) is 8.66. The van der Waals surface area contributed by atoms with Gasteiger partial charge in [-0.1, -0.05) is 6.42 Å². The molecule has 1 fully saturated rings. The summed E-state index contributed by atoms with van der Waals surface area (Å²) in [6, 6.07) is 5.25. The lowest BCUT2D eigenvalue weighted by Crippen LogP contribution is -2.20. The normalized spacial score (nSPS) is 19.5. The average Bonchev–Trinajstić information content (AvgIpc) is 2.38. The minimum atomic E-state index is -0.868. The predicted octanol–water partition coefficient (Wildman–Crippen LogP) is 3.39. The Morgan fingerprint density at radius 2 is 2.33 bits per heavy atom. The molecule has 0 spiro atoms. The number of rotatable bonds is 4. The van der Waals surface area contributed by atoms with Crippen molar-refractivity contribution in [3.05, 3.63) is 29.3 Å². The highest BCUT2D eigenvalue weighted by atomic mass is 32.2. The van der Waals surface area contributed by atoms with E-state index in [1.807, 2.05) is 24.8 Å². The molecule has 1 aliphatic heterocycles. The van der Waals surface area contributed by atoms with Crippen molar-refractivity contribution in [1.82, 2.24) is 0 Å². The van der Waals surface area contributed by atoms with Crippen molar-refractivity contribution in [2.24, 2.45) is 0 Å². The minimum absolute atomic E-state index is 0.352. The number of carboxylic acids is 1. The van der Waals surface area contributed by atoms with E-state index in [0.29, 0.717) is 10.8 Å². The molecular weight excluding hydrogens is 246 g/mol. The van der Waals surface area contributed by atoms with E-state index in [9.17, 15) is 4.79 Å². The summed E-state index contributed by atoms with van der Waals surface area (Å²) in [5, 5.41) is 13.0. The maximum absolute atomic E-state index is 10.8. The highest BCUT2D eigenvalue weighted by molar-refractivity contribution is 7.99. The summed E-state index contributed by atoms with van der Waals surface area (Å²) in [6.45, 7) is 2.92. The number of anilines is 1. The first-order valence-electron chi connectivity index (χ1n) is 6.36. The Hall–Kier alpha value is -1.16. The lowest BCUT2D eigenvalue weighted by molar-refractivity contribution is 0.0697. The Kier molecular flexibility index (Phi) is 4.53. The average molecular weight is 265 g/mol. The fourth-order valence-electron chi connectivity index (χ4n) is 2.19. The van der Waals surface area contributed by atoms with Gasteiger partial charge in [-0.3, -0.25) is 0 Å². The Balaban J connectivity index is 1.94. The van der Waals surface area contributed by atoms with Crippen molar-refractivity contribution < 1.29 is 9.90 Å². The Morgan fingerprint density at radius 1 is 1.50 bits per heavy atom. The summed E-state index contributed by atoms with van der Waals surface area (Å²) < 4.78 is 0. The molecule has 0 bridgehead atoms. The van der Waals surface area contributed by atoms with Crippen molar-refractivity contribution in [2.75, 3.05) is 17.6 Å². The number of thioether (sulfide) groups is 1. The number of nitrogens with one attached hydrogen (secondary N) is 1. The minimum Gasteiger partial charge on any atom is -0.478 e. The summed E-state index contributed by atoms with van der Waals surface area (Å²) in [7, 11) is 0. The number of hydrogen-bond donors (Lipinski definition) is 2. The van der Waals surface area contributed by atoms with E-state index >= 15 is 0 Å². The van der Waals surface area contributed by atoms with Gasteiger partial charge in [-0.25, -0.2) is 4.79 Å². The van der Waals surface area contributed by atoms with Crippen LogP contribution in [-0.2, 0) is 0 Å². The van der Waals surface area contributed by atoms with Gasteiger partial charge in [0.1, 0.15) is 0 Å². The molecule has 0 radical (unpaired) electrons. The second-order valence-electron chi connectivity index (χ2n) is 4.70. The van der Waals surface area contributed by atoms with E-state index in [-0.39, 0.29) is 0 Å². The molecule has 1 aromatic carbocycles. The molecule has 3 nitrogen and oxygen atoms in total. The van der Waals surface area contributed by atoms with Gasteiger partial charge in [-0.05, 0) is 49.3 Å². The zero-order valence-corrected chi connectivity index (χ0v) is 11.4. The van der Waals surface area contributed by atoms with Gasteiger partial charge >= 0.3 is 5.97 Å². The summed E-state index contributed by atoms with van der Waals surface area (Å²) in [5.41, 5.74) is 2.40. The fraction of sp³-hybridized carbons (Fsp3) is 0.500. The molecule has 1 atom stereocenters. The van der Waals surface area contributed by atoms with Crippen LogP contribution in [0.5, 0.6) is 0 Å². The van der Waals surface area contributed by atoms with Gasteiger partial charge in [0.2, 0.25) is 0 Å². The van der Waals surface area contributed by atoms with Crippen LogP contribution in [0.3, 0.4) is 0 Å². The monoisotopic (exact) mass is 265 g/mol. The lowest BCUT2D eigenvalue weighted by Gasteiger charge is -2.22. The number of benzene rings is 1. The molecule has 2 N–H and O–H groups in total. The number of aryl methyl sites for hydroxylation is 1. The van der Waals surface area contributed by atoms with E-state index in [0.717, 1.165) is 17.8 Å².